The molecule has 1 heterocycles. The van der Waals surface area contributed by atoms with Crippen molar-refractivity contribution in [3.8, 4) is 17.0 Å². The summed E-state index contributed by atoms with van der Waals surface area (Å²) in [7, 11) is 0. The molecule has 0 unspecified atom stereocenters. The van der Waals surface area contributed by atoms with E-state index in [4.69, 9.17) is 16.3 Å². The van der Waals surface area contributed by atoms with E-state index in [1.807, 2.05) is 24.3 Å². The van der Waals surface area contributed by atoms with Crippen LogP contribution in [0.5, 0.6) is 5.75 Å². The highest BCUT2D eigenvalue weighted by Gasteiger charge is 2.11. The van der Waals surface area contributed by atoms with E-state index < -0.39 is 0 Å². The number of halogens is 1. The molecule has 6 heteroatoms. The summed E-state index contributed by atoms with van der Waals surface area (Å²) < 4.78 is 5.72. The van der Waals surface area contributed by atoms with Gasteiger partial charge >= 0.3 is 0 Å². The van der Waals surface area contributed by atoms with E-state index in [1.54, 1.807) is 30.3 Å². The zero-order chi connectivity index (χ0) is 19.1. The van der Waals surface area contributed by atoms with Gasteiger partial charge in [0.25, 0.3) is 5.91 Å². The molecule has 1 amide bonds. The molecule has 5 nitrogen and oxygen atoms in total. The molecular formula is C21H22ClN3O2. The highest BCUT2D eigenvalue weighted by molar-refractivity contribution is 6.30. The molecule has 0 saturated carbocycles. The standard InChI is InChI=1S/C21H22ClN3O2/c1-2-3-4-13-27-18-11-5-15(6-12-18)19-14-20(25-24-19)21(26)23-17-9-7-16(22)8-10-17/h5-12,14H,2-4,13H2,1H3,(H,23,26)(H,24,25). The molecule has 27 heavy (non-hydrogen) atoms. The van der Waals surface area contributed by atoms with Crippen LogP contribution in [0.2, 0.25) is 5.02 Å². The first-order valence-corrected chi connectivity index (χ1v) is 9.39. The molecule has 0 spiro atoms. The second-order valence-electron chi connectivity index (χ2n) is 6.21. The Morgan fingerprint density at radius 2 is 1.85 bits per heavy atom. The number of amides is 1. The molecule has 0 aliphatic heterocycles. The van der Waals surface area contributed by atoms with Crippen LogP contribution >= 0.6 is 11.6 Å². The summed E-state index contributed by atoms with van der Waals surface area (Å²) in [6.45, 7) is 2.90. The van der Waals surface area contributed by atoms with Crippen molar-refractivity contribution >= 4 is 23.2 Å². The lowest BCUT2D eigenvalue weighted by Gasteiger charge is -2.06. The predicted octanol–water partition coefficient (Wildman–Crippen LogP) is 5.55. The Kier molecular flexibility index (Phi) is 6.49. The zero-order valence-electron chi connectivity index (χ0n) is 15.2. The molecule has 0 radical (unpaired) electrons. The first-order valence-electron chi connectivity index (χ1n) is 9.01. The molecule has 0 atom stereocenters. The lowest BCUT2D eigenvalue weighted by atomic mass is 10.1. The summed E-state index contributed by atoms with van der Waals surface area (Å²) >= 11 is 5.85. The van der Waals surface area contributed by atoms with Crippen molar-refractivity contribution in [2.24, 2.45) is 0 Å². The second kappa shape index (κ2) is 9.24. The summed E-state index contributed by atoms with van der Waals surface area (Å²) in [6.07, 6.45) is 3.41. The fourth-order valence-corrected chi connectivity index (χ4v) is 2.71. The molecule has 2 aromatic carbocycles. The van der Waals surface area contributed by atoms with Crippen LogP contribution in [0.15, 0.2) is 54.6 Å². The number of aromatic amines is 1. The number of carbonyl (C=O) groups is 1. The van der Waals surface area contributed by atoms with E-state index in [2.05, 4.69) is 22.4 Å². The van der Waals surface area contributed by atoms with Crippen LogP contribution in [-0.4, -0.2) is 22.7 Å². The van der Waals surface area contributed by atoms with E-state index in [-0.39, 0.29) is 5.91 Å². The Hall–Kier alpha value is -2.79. The van der Waals surface area contributed by atoms with Crippen molar-refractivity contribution in [2.75, 3.05) is 11.9 Å². The number of unbranched alkanes of at least 4 members (excludes halogenated alkanes) is 2. The third-order valence-electron chi connectivity index (χ3n) is 4.09. The molecule has 2 N–H and O–H groups in total. The van der Waals surface area contributed by atoms with E-state index in [0.29, 0.717) is 22.1 Å². The third kappa shape index (κ3) is 5.34. The number of carbonyl (C=O) groups excluding carboxylic acids is 1. The van der Waals surface area contributed by atoms with Gasteiger partial charge in [-0.1, -0.05) is 31.4 Å². The smallest absolute Gasteiger partial charge is 0.273 e. The lowest BCUT2D eigenvalue weighted by Crippen LogP contribution is -2.12. The summed E-state index contributed by atoms with van der Waals surface area (Å²) in [5.41, 5.74) is 2.68. The van der Waals surface area contributed by atoms with E-state index >= 15 is 0 Å². The van der Waals surface area contributed by atoms with Crippen LogP contribution < -0.4 is 10.1 Å². The van der Waals surface area contributed by atoms with Crippen molar-refractivity contribution in [3.05, 3.63) is 65.3 Å². The van der Waals surface area contributed by atoms with Gasteiger partial charge in [0.05, 0.1) is 12.3 Å². The van der Waals surface area contributed by atoms with Gasteiger partial charge in [-0.25, -0.2) is 0 Å². The van der Waals surface area contributed by atoms with Crippen molar-refractivity contribution in [1.29, 1.82) is 0 Å². The number of aromatic nitrogens is 2. The molecular weight excluding hydrogens is 362 g/mol. The van der Waals surface area contributed by atoms with Crippen LogP contribution in [0.25, 0.3) is 11.3 Å². The van der Waals surface area contributed by atoms with Crippen molar-refractivity contribution < 1.29 is 9.53 Å². The Balaban J connectivity index is 1.61. The van der Waals surface area contributed by atoms with Gasteiger partial charge in [0, 0.05) is 16.3 Å². The van der Waals surface area contributed by atoms with E-state index in [1.165, 1.54) is 12.8 Å². The fourth-order valence-electron chi connectivity index (χ4n) is 2.58. The second-order valence-corrected chi connectivity index (χ2v) is 6.64. The number of benzene rings is 2. The van der Waals surface area contributed by atoms with Gasteiger partial charge in [0.1, 0.15) is 11.4 Å². The molecule has 3 rings (SSSR count). The first-order chi connectivity index (χ1) is 13.2. The maximum atomic E-state index is 12.3. The molecule has 1 aromatic heterocycles. The Bertz CT molecular complexity index is 873. The summed E-state index contributed by atoms with van der Waals surface area (Å²) in [5, 5.41) is 10.4. The van der Waals surface area contributed by atoms with Gasteiger partial charge in [0.2, 0.25) is 0 Å². The van der Waals surface area contributed by atoms with Crippen molar-refractivity contribution in [3.63, 3.8) is 0 Å². The molecule has 140 valence electrons. The summed E-state index contributed by atoms with van der Waals surface area (Å²) in [5.74, 6) is 0.582. The number of nitrogens with one attached hydrogen (secondary N) is 2. The van der Waals surface area contributed by atoms with Crippen LogP contribution in [-0.2, 0) is 0 Å². The fraction of sp³-hybridized carbons (Fsp3) is 0.238. The summed E-state index contributed by atoms with van der Waals surface area (Å²) in [6, 6.07) is 16.4. The molecule has 0 bridgehead atoms. The average molecular weight is 384 g/mol. The lowest BCUT2D eigenvalue weighted by molar-refractivity contribution is 0.102. The molecule has 3 aromatic rings. The van der Waals surface area contributed by atoms with Crippen LogP contribution in [0.3, 0.4) is 0 Å². The zero-order valence-corrected chi connectivity index (χ0v) is 15.9. The number of nitrogens with zero attached hydrogens (tertiary/aromatic N) is 1. The van der Waals surface area contributed by atoms with Crippen LogP contribution in [0.1, 0.15) is 36.7 Å². The average Bonchev–Trinajstić information content (AvgIpc) is 3.18. The largest absolute Gasteiger partial charge is 0.494 e. The third-order valence-corrected chi connectivity index (χ3v) is 4.34. The minimum absolute atomic E-state index is 0.257. The Morgan fingerprint density at radius 1 is 1.11 bits per heavy atom. The van der Waals surface area contributed by atoms with Gasteiger partial charge in [0.15, 0.2) is 0 Å². The Labute approximate surface area is 163 Å². The first kappa shape index (κ1) is 19.0. The van der Waals surface area contributed by atoms with Gasteiger partial charge in [-0.15, -0.1) is 0 Å². The predicted molar refractivity (Wildman–Crippen MR) is 108 cm³/mol. The highest BCUT2D eigenvalue weighted by Crippen LogP contribution is 2.22. The minimum Gasteiger partial charge on any atom is -0.494 e. The Morgan fingerprint density at radius 3 is 2.56 bits per heavy atom. The topological polar surface area (TPSA) is 67.0 Å². The maximum Gasteiger partial charge on any atom is 0.273 e. The number of anilines is 1. The van der Waals surface area contributed by atoms with E-state index in [9.17, 15) is 4.79 Å². The molecule has 0 saturated heterocycles. The number of hydrogen-bond donors (Lipinski definition) is 2. The normalized spacial score (nSPS) is 10.6. The number of rotatable bonds is 8. The number of hydrogen-bond acceptors (Lipinski definition) is 3. The molecule has 0 fully saturated rings. The molecule has 0 aliphatic carbocycles. The van der Waals surface area contributed by atoms with Gasteiger partial charge in [-0.2, -0.15) is 5.10 Å². The highest BCUT2D eigenvalue weighted by atomic mass is 35.5. The SMILES string of the molecule is CCCCCOc1ccc(-c2cc(C(=O)Nc3ccc(Cl)cc3)[nH]n2)cc1. The summed E-state index contributed by atoms with van der Waals surface area (Å²) in [4.78, 5) is 12.3. The van der Waals surface area contributed by atoms with Gasteiger partial charge < -0.3 is 10.1 Å². The van der Waals surface area contributed by atoms with Crippen molar-refractivity contribution in [1.82, 2.24) is 10.2 Å². The van der Waals surface area contributed by atoms with Crippen LogP contribution in [0, 0.1) is 0 Å². The number of H-pyrrole nitrogens is 1. The monoisotopic (exact) mass is 383 g/mol. The molecule has 0 aliphatic rings. The maximum absolute atomic E-state index is 12.3. The van der Waals surface area contributed by atoms with Crippen LogP contribution in [0.4, 0.5) is 5.69 Å². The minimum atomic E-state index is -0.257. The van der Waals surface area contributed by atoms with Crippen molar-refractivity contribution in [2.45, 2.75) is 26.2 Å². The van der Waals surface area contributed by atoms with E-state index in [0.717, 1.165) is 24.3 Å². The number of ether oxygens (including phenoxy) is 1. The van der Waals surface area contributed by atoms with Gasteiger partial charge in [-0.05, 0) is 61.0 Å². The quantitative estimate of drug-likeness (QED) is 0.501. The van der Waals surface area contributed by atoms with Gasteiger partial charge in [-0.3, -0.25) is 9.89 Å².